The van der Waals surface area contributed by atoms with Gasteiger partial charge in [-0.1, -0.05) is 46.2 Å². The van der Waals surface area contributed by atoms with Crippen molar-refractivity contribution in [2.45, 2.75) is 13.1 Å². The summed E-state index contributed by atoms with van der Waals surface area (Å²) in [5, 5.41) is 21.9. The van der Waals surface area contributed by atoms with Gasteiger partial charge in [0.2, 0.25) is 11.3 Å². The Morgan fingerprint density at radius 2 is 1.35 bits per heavy atom. The molecule has 6 heterocycles. The summed E-state index contributed by atoms with van der Waals surface area (Å²) in [5.41, 5.74) is 18.8. The van der Waals surface area contributed by atoms with Crippen molar-refractivity contribution in [1.82, 2.24) is 65.3 Å². The Hall–Kier alpha value is -7.55. The zero-order chi connectivity index (χ0) is 33.7. The molecule has 0 aliphatic carbocycles. The largest absolute Gasteiger partial charge is 0.380 e. The number of nitrogens with one attached hydrogen (secondary N) is 1. The molecule has 8 rings (SSSR count). The quantitative estimate of drug-likeness (QED) is 0.102. The van der Waals surface area contributed by atoms with Gasteiger partial charge in [-0.25, -0.2) is 34.5 Å². The van der Waals surface area contributed by atoms with Gasteiger partial charge in [0.1, 0.15) is 5.69 Å². The molecular formula is C31H23N17O. The number of nitrogens with zero attached hydrogens (tertiary/aromatic N) is 14. The van der Waals surface area contributed by atoms with Crippen molar-refractivity contribution in [3.63, 3.8) is 0 Å². The Labute approximate surface area is 275 Å². The Kier molecular flexibility index (Phi) is 8.02. The number of benzene rings is 2. The molecule has 6 aromatic heterocycles. The number of carbonyl (C=O) groups excluding carboxylic acids is 1. The topological polar surface area (TPSA) is 237 Å². The monoisotopic (exact) mass is 649 g/mol. The first-order chi connectivity index (χ1) is 23.9. The van der Waals surface area contributed by atoms with E-state index in [0.29, 0.717) is 35.7 Å². The summed E-state index contributed by atoms with van der Waals surface area (Å²) in [6, 6.07) is 18.9. The zero-order valence-electron chi connectivity index (χ0n) is 25.3. The molecule has 2 aromatic carbocycles. The second kappa shape index (κ2) is 13.1. The fraction of sp³-hybridized carbons (Fsp3) is 0.0645. The molecule has 0 fully saturated rings. The maximum Gasteiger partial charge on any atom is 0.332 e. The van der Waals surface area contributed by atoms with Gasteiger partial charge in [0.05, 0.1) is 36.5 Å². The number of amides is 2. The van der Waals surface area contributed by atoms with E-state index in [9.17, 15) is 4.79 Å². The molecule has 8 aromatic rings. The minimum absolute atomic E-state index is 0.0345. The minimum atomic E-state index is -0.829. The van der Waals surface area contributed by atoms with Gasteiger partial charge < -0.3 is 16.3 Å². The van der Waals surface area contributed by atoms with Crippen LogP contribution in [0, 0.1) is 6.57 Å². The van der Waals surface area contributed by atoms with Crippen LogP contribution in [0.4, 0.5) is 10.6 Å². The normalized spacial score (nSPS) is 11.4. The van der Waals surface area contributed by atoms with Crippen LogP contribution in [0.2, 0.25) is 0 Å². The highest BCUT2D eigenvalue weighted by Crippen LogP contribution is 2.18. The Morgan fingerprint density at radius 1 is 0.776 bits per heavy atom. The lowest BCUT2D eigenvalue weighted by molar-refractivity contribution is 0.249. The highest BCUT2D eigenvalue weighted by atomic mass is 16.2. The molecule has 0 bridgehead atoms. The number of carbonyl (C=O) groups is 1. The Balaban J connectivity index is 0.000000157. The van der Waals surface area contributed by atoms with E-state index in [1.54, 1.807) is 21.8 Å². The van der Waals surface area contributed by atoms with Gasteiger partial charge in [-0.2, -0.15) is 5.10 Å². The van der Waals surface area contributed by atoms with Gasteiger partial charge in [-0.05, 0) is 47.5 Å². The molecule has 18 heteroatoms. The number of hydrogen-bond donors (Lipinski definition) is 3. The van der Waals surface area contributed by atoms with Crippen LogP contribution < -0.4 is 16.9 Å². The third-order valence-electron chi connectivity index (χ3n) is 7.11. The van der Waals surface area contributed by atoms with Crippen molar-refractivity contribution < 1.29 is 4.79 Å². The van der Waals surface area contributed by atoms with Crippen LogP contribution in [-0.4, -0.2) is 71.8 Å². The molecule has 238 valence electrons. The number of pyridine rings is 2. The number of hydrogen-bond acceptors (Lipinski definition) is 12. The van der Waals surface area contributed by atoms with Crippen molar-refractivity contribution >= 4 is 62.1 Å². The Morgan fingerprint density at radius 3 is 1.92 bits per heavy atom. The maximum absolute atomic E-state index is 10.7. The van der Waals surface area contributed by atoms with Crippen molar-refractivity contribution in [3.05, 3.63) is 114 Å². The Bertz CT molecular complexity index is 2570. The first-order valence-corrected chi connectivity index (χ1v) is 14.5. The van der Waals surface area contributed by atoms with E-state index in [1.165, 1.54) is 12.4 Å². The van der Waals surface area contributed by atoms with Crippen molar-refractivity contribution in [2.75, 3.05) is 0 Å². The summed E-state index contributed by atoms with van der Waals surface area (Å²) >= 11 is 0. The van der Waals surface area contributed by atoms with E-state index in [1.807, 2.05) is 60.0 Å². The van der Waals surface area contributed by atoms with Crippen LogP contribution in [0.1, 0.15) is 16.8 Å². The third-order valence-corrected chi connectivity index (χ3v) is 7.11. The fourth-order valence-corrected chi connectivity index (χ4v) is 4.86. The molecular weight excluding hydrogens is 626 g/mol. The predicted octanol–water partition coefficient (Wildman–Crippen LogP) is 2.47. The molecule has 49 heavy (non-hydrogen) atoms. The van der Waals surface area contributed by atoms with Gasteiger partial charge in [0.25, 0.3) is 11.5 Å². The average molecular weight is 650 g/mol. The summed E-state index contributed by atoms with van der Waals surface area (Å²) in [6.07, 6.45) is 6.32. The molecule has 0 aliphatic rings. The first kappa shape index (κ1) is 30.1. The molecule has 0 unspecified atom stereocenters. The summed E-state index contributed by atoms with van der Waals surface area (Å²) in [5.74, 6) is 0.200. The summed E-state index contributed by atoms with van der Waals surface area (Å²) in [6.45, 7) is 7.97. The number of amidine groups is 1. The molecule has 2 amide bonds. The summed E-state index contributed by atoms with van der Waals surface area (Å²) in [4.78, 5) is 39.5. The lowest BCUT2D eigenvalue weighted by atomic mass is 10.1. The third kappa shape index (κ3) is 6.56. The molecule has 0 aliphatic heterocycles. The van der Waals surface area contributed by atoms with Crippen LogP contribution in [0.25, 0.3) is 49.2 Å². The van der Waals surface area contributed by atoms with Gasteiger partial charge in [0.15, 0.2) is 11.5 Å². The number of aromatic nitrogens is 12. The number of rotatable bonds is 6. The van der Waals surface area contributed by atoms with Crippen LogP contribution in [0.15, 0.2) is 90.6 Å². The lowest BCUT2D eigenvalue weighted by Crippen LogP contribution is -2.28. The van der Waals surface area contributed by atoms with E-state index in [4.69, 9.17) is 18.0 Å². The van der Waals surface area contributed by atoms with E-state index >= 15 is 0 Å². The second-order valence-corrected chi connectivity index (χ2v) is 10.4. The van der Waals surface area contributed by atoms with Gasteiger partial charge in [-0.15, -0.1) is 10.2 Å². The van der Waals surface area contributed by atoms with E-state index < -0.39 is 6.03 Å². The number of fused-ring (bicyclic) bond motifs is 4. The first-order valence-electron chi connectivity index (χ1n) is 14.5. The lowest BCUT2D eigenvalue weighted by Gasteiger charge is -2.05. The number of primary amides is 1. The minimum Gasteiger partial charge on any atom is -0.380 e. The molecule has 0 saturated heterocycles. The van der Waals surface area contributed by atoms with Crippen LogP contribution >= 0.6 is 0 Å². The molecule has 18 nitrogen and oxygen atoms in total. The standard InChI is InChI=1S/C16H14N10O.C15H9N7/c17-13(22-24-16(18)27)12-7-20-14-15(21-12)26(25-23-14)8-9-3-4-11-10(6-9)2-1-5-19-11;1-16-13-8-18-14-15(19-13)22(21-20-14)9-10-4-5-12-11(7-10)3-2-6-17-12/h1-7H,8H2,(H2,17,22)(H3,18,24,27);2-8H,9H2. The maximum atomic E-state index is 10.7. The highest BCUT2D eigenvalue weighted by molar-refractivity contribution is 5.96. The summed E-state index contributed by atoms with van der Waals surface area (Å²) < 4.78 is 3.26. The van der Waals surface area contributed by atoms with Crippen LogP contribution in [0.5, 0.6) is 0 Å². The summed E-state index contributed by atoms with van der Waals surface area (Å²) in [7, 11) is 0. The molecule has 5 N–H and O–H groups in total. The average Bonchev–Trinajstić information content (AvgIpc) is 3.73. The van der Waals surface area contributed by atoms with Crippen molar-refractivity contribution in [2.24, 2.45) is 16.6 Å². The second-order valence-electron chi connectivity index (χ2n) is 10.4. The molecule has 0 atom stereocenters. The van der Waals surface area contributed by atoms with Gasteiger partial charge in [0, 0.05) is 23.2 Å². The van der Waals surface area contributed by atoms with E-state index in [0.717, 1.165) is 32.9 Å². The van der Waals surface area contributed by atoms with Crippen molar-refractivity contribution in [3.8, 4) is 0 Å². The molecule has 0 radical (unpaired) electrons. The number of nitrogens with two attached hydrogens (primary N) is 2. The van der Waals surface area contributed by atoms with Gasteiger partial charge in [-0.3, -0.25) is 9.97 Å². The molecule has 0 spiro atoms. The SMILES string of the molecule is NC(=O)N/N=C(\N)c1cnc2nnn(Cc3ccc4ncccc4c3)c2n1.[C-]#[N+]c1cnc2nnn(Cc3ccc4ncccc4c3)c2n1. The van der Waals surface area contributed by atoms with Crippen molar-refractivity contribution in [1.29, 1.82) is 0 Å². The number of urea groups is 1. The number of hydrazone groups is 1. The van der Waals surface area contributed by atoms with Crippen LogP contribution in [-0.2, 0) is 13.1 Å². The highest BCUT2D eigenvalue weighted by Gasteiger charge is 2.14. The smallest absolute Gasteiger partial charge is 0.332 e. The van der Waals surface area contributed by atoms with E-state index in [2.05, 4.69) is 66.5 Å². The van der Waals surface area contributed by atoms with E-state index in [-0.39, 0.29) is 17.3 Å². The fourth-order valence-electron chi connectivity index (χ4n) is 4.86. The van der Waals surface area contributed by atoms with Gasteiger partial charge >= 0.3 is 6.03 Å². The molecule has 0 saturated carbocycles. The van der Waals surface area contributed by atoms with Crippen LogP contribution in [0.3, 0.4) is 0 Å². The zero-order valence-corrected chi connectivity index (χ0v) is 25.3. The predicted molar refractivity (Wildman–Crippen MR) is 178 cm³/mol.